The molecule has 0 aliphatic rings. The normalized spacial score (nSPS) is 11.9. The first-order valence-corrected chi connectivity index (χ1v) is 8.54. The molecule has 0 fully saturated rings. The molecule has 0 spiro atoms. The van der Waals surface area contributed by atoms with Crippen molar-refractivity contribution in [3.63, 3.8) is 0 Å². The highest BCUT2D eigenvalue weighted by Gasteiger charge is 2.22. The molecule has 0 aliphatic heterocycles. The zero-order valence-corrected chi connectivity index (χ0v) is 14.7. The minimum Gasteiger partial charge on any atom is -0.312 e. The Hall–Kier alpha value is -0.900. The number of nitrogens with one attached hydrogen (secondary N) is 1. The Morgan fingerprint density at radius 1 is 1.19 bits per heavy atom. The average molecular weight is 323 g/mol. The van der Waals surface area contributed by atoms with Crippen LogP contribution in [0.25, 0.3) is 0 Å². The Morgan fingerprint density at radius 3 is 2.43 bits per heavy atom. The molecule has 2 nitrogen and oxygen atoms in total. The third kappa shape index (κ3) is 4.53. The van der Waals surface area contributed by atoms with E-state index in [4.69, 9.17) is 16.6 Å². The molecule has 114 valence electrons. The molecule has 1 N–H and O–H groups in total. The van der Waals surface area contributed by atoms with E-state index < -0.39 is 0 Å². The van der Waals surface area contributed by atoms with Crippen LogP contribution in [0, 0.1) is 0 Å². The van der Waals surface area contributed by atoms with E-state index in [1.54, 1.807) is 0 Å². The highest BCUT2D eigenvalue weighted by molar-refractivity contribution is 7.11. The predicted octanol–water partition coefficient (Wildman–Crippen LogP) is 4.79. The lowest BCUT2D eigenvalue weighted by molar-refractivity contribution is 0.559. The Kier molecular flexibility index (Phi) is 5.42. The zero-order chi connectivity index (χ0) is 15.5. The van der Waals surface area contributed by atoms with Crippen molar-refractivity contribution < 1.29 is 0 Å². The topological polar surface area (TPSA) is 24.9 Å². The minimum absolute atomic E-state index is 0.0828. The first kappa shape index (κ1) is 16.5. The molecule has 1 aromatic carbocycles. The molecule has 0 saturated heterocycles. The summed E-state index contributed by atoms with van der Waals surface area (Å²) in [6.45, 7) is 10.7. The van der Waals surface area contributed by atoms with Crippen LogP contribution in [0.3, 0.4) is 0 Å². The summed E-state index contributed by atoms with van der Waals surface area (Å²) in [5.74, 6) is 0. The second-order valence-electron chi connectivity index (χ2n) is 6.21. The van der Waals surface area contributed by atoms with E-state index in [1.807, 2.05) is 23.5 Å². The molecule has 0 radical (unpaired) electrons. The van der Waals surface area contributed by atoms with Crippen LogP contribution in [0.15, 0.2) is 24.3 Å². The zero-order valence-electron chi connectivity index (χ0n) is 13.2. The Bertz CT molecular complexity index is 582. The van der Waals surface area contributed by atoms with Gasteiger partial charge in [0.15, 0.2) is 0 Å². The Morgan fingerprint density at radius 2 is 1.86 bits per heavy atom. The lowest BCUT2D eigenvalue weighted by Gasteiger charge is -2.17. The number of thiazole rings is 1. The largest absolute Gasteiger partial charge is 0.312 e. The van der Waals surface area contributed by atoms with Crippen molar-refractivity contribution in [2.24, 2.45) is 0 Å². The van der Waals surface area contributed by atoms with Gasteiger partial charge >= 0.3 is 0 Å². The quantitative estimate of drug-likeness (QED) is 0.855. The van der Waals surface area contributed by atoms with Crippen LogP contribution in [0.2, 0.25) is 5.02 Å². The van der Waals surface area contributed by atoms with Crippen molar-refractivity contribution in [3.05, 3.63) is 50.4 Å². The lowest BCUT2D eigenvalue weighted by atomic mass is 9.91. The minimum atomic E-state index is 0.0828. The number of halogens is 1. The van der Waals surface area contributed by atoms with E-state index in [2.05, 4.69) is 45.1 Å². The fourth-order valence-electron chi connectivity index (χ4n) is 2.20. The summed E-state index contributed by atoms with van der Waals surface area (Å²) in [5.41, 5.74) is 2.56. The van der Waals surface area contributed by atoms with Gasteiger partial charge in [-0.15, -0.1) is 11.3 Å². The van der Waals surface area contributed by atoms with Gasteiger partial charge in [-0.2, -0.15) is 0 Å². The van der Waals surface area contributed by atoms with E-state index in [0.717, 1.165) is 24.5 Å². The third-order valence-corrected chi connectivity index (χ3v) is 4.56. The van der Waals surface area contributed by atoms with Gasteiger partial charge < -0.3 is 5.32 Å². The fourth-order valence-corrected chi connectivity index (χ4v) is 3.61. The first-order valence-electron chi connectivity index (χ1n) is 7.34. The molecule has 0 aliphatic carbocycles. The van der Waals surface area contributed by atoms with Gasteiger partial charge in [0.2, 0.25) is 0 Å². The van der Waals surface area contributed by atoms with Crippen molar-refractivity contribution in [1.82, 2.24) is 10.3 Å². The van der Waals surface area contributed by atoms with Gasteiger partial charge in [0.05, 0.1) is 10.7 Å². The molecular formula is C17H23ClN2S. The summed E-state index contributed by atoms with van der Waals surface area (Å²) in [6.07, 6.45) is 0.872. The lowest BCUT2D eigenvalue weighted by Crippen LogP contribution is -2.18. The summed E-state index contributed by atoms with van der Waals surface area (Å²) >= 11 is 7.76. The van der Waals surface area contributed by atoms with E-state index in [0.29, 0.717) is 0 Å². The highest BCUT2D eigenvalue weighted by atomic mass is 35.5. The smallest absolute Gasteiger partial charge is 0.0975 e. The van der Waals surface area contributed by atoms with E-state index in [9.17, 15) is 0 Å². The van der Waals surface area contributed by atoms with Crippen LogP contribution in [-0.4, -0.2) is 11.5 Å². The Labute approximate surface area is 136 Å². The molecule has 1 aromatic heterocycles. The summed E-state index contributed by atoms with van der Waals surface area (Å²) < 4.78 is 0. The average Bonchev–Trinajstić information content (AvgIpc) is 2.82. The van der Waals surface area contributed by atoms with E-state index in [-0.39, 0.29) is 5.41 Å². The van der Waals surface area contributed by atoms with Gasteiger partial charge in [0, 0.05) is 28.3 Å². The number of rotatable bonds is 5. The van der Waals surface area contributed by atoms with Crippen LogP contribution < -0.4 is 5.32 Å². The van der Waals surface area contributed by atoms with Gasteiger partial charge in [0.1, 0.15) is 0 Å². The summed E-state index contributed by atoms with van der Waals surface area (Å²) in [7, 11) is 0. The monoisotopic (exact) mass is 322 g/mol. The summed E-state index contributed by atoms with van der Waals surface area (Å²) in [6, 6.07) is 8.03. The first-order chi connectivity index (χ1) is 9.90. The Balaban J connectivity index is 2.23. The van der Waals surface area contributed by atoms with Crippen LogP contribution in [0.5, 0.6) is 0 Å². The van der Waals surface area contributed by atoms with Crippen LogP contribution >= 0.6 is 22.9 Å². The van der Waals surface area contributed by atoms with Gasteiger partial charge in [-0.3, -0.25) is 0 Å². The fraction of sp³-hybridized carbons (Fsp3) is 0.471. The number of hydrogen-bond acceptors (Lipinski definition) is 3. The maximum absolute atomic E-state index is 5.94. The second-order valence-corrected chi connectivity index (χ2v) is 7.82. The number of nitrogens with zero attached hydrogens (tertiary/aromatic N) is 1. The maximum atomic E-state index is 5.94. The van der Waals surface area contributed by atoms with Crippen LogP contribution in [0.4, 0.5) is 0 Å². The van der Waals surface area contributed by atoms with E-state index >= 15 is 0 Å². The van der Waals surface area contributed by atoms with Crippen molar-refractivity contribution in [3.8, 4) is 0 Å². The summed E-state index contributed by atoms with van der Waals surface area (Å²) in [5, 5.41) is 5.37. The van der Waals surface area contributed by atoms with Crippen molar-refractivity contribution >= 4 is 22.9 Å². The molecular weight excluding hydrogens is 300 g/mol. The number of benzene rings is 1. The van der Waals surface area contributed by atoms with Gasteiger partial charge in [-0.25, -0.2) is 4.98 Å². The SMILES string of the molecule is CCNCc1sc(Cc2ccc(Cl)cc2)nc1C(C)(C)C. The second kappa shape index (κ2) is 6.91. The van der Waals surface area contributed by atoms with Crippen molar-refractivity contribution in [2.45, 2.75) is 46.1 Å². The van der Waals surface area contributed by atoms with Crippen molar-refractivity contribution in [2.75, 3.05) is 6.54 Å². The van der Waals surface area contributed by atoms with Gasteiger partial charge in [-0.05, 0) is 24.2 Å². The van der Waals surface area contributed by atoms with Crippen molar-refractivity contribution in [1.29, 1.82) is 0 Å². The molecule has 0 bridgehead atoms. The summed E-state index contributed by atoms with van der Waals surface area (Å²) in [4.78, 5) is 6.25. The standard InChI is InChI=1S/C17H23ClN2S/c1-5-19-11-14-16(17(2,3)4)20-15(21-14)10-12-6-8-13(18)9-7-12/h6-9,19H,5,10-11H2,1-4H3. The molecule has 2 aromatic rings. The molecule has 0 saturated carbocycles. The molecule has 0 unspecified atom stereocenters. The molecule has 1 heterocycles. The maximum Gasteiger partial charge on any atom is 0.0975 e. The molecule has 21 heavy (non-hydrogen) atoms. The number of hydrogen-bond donors (Lipinski definition) is 1. The van der Waals surface area contributed by atoms with Gasteiger partial charge in [-0.1, -0.05) is 51.4 Å². The van der Waals surface area contributed by atoms with Crippen LogP contribution in [-0.2, 0) is 18.4 Å². The number of aromatic nitrogens is 1. The van der Waals surface area contributed by atoms with Gasteiger partial charge in [0.25, 0.3) is 0 Å². The molecule has 2 rings (SSSR count). The van der Waals surface area contributed by atoms with E-state index in [1.165, 1.54) is 21.1 Å². The molecule has 4 heteroatoms. The molecule has 0 atom stereocenters. The van der Waals surface area contributed by atoms with Crippen LogP contribution in [0.1, 0.15) is 48.8 Å². The molecule has 0 amide bonds. The third-order valence-electron chi connectivity index (χ3n) is 3.26. The predicted molar refractivity (Wildman–Crippen MR) is 92.5 cm³/mol. The highest BCUT2D eigenvalue weighted by Crippen LogP contribution is 2.30.